The van der Waals surface area contributed by atoms with Crippen LogP contribution >= 0.6 is 0 Å². The number of methoxy groups -OCH3 is 1. The summed E-state index contributed by atoms with van der Waals surface area (Å²) < 4.78 is 30.3. The van der Waals surface area contributed by atoms with Crippen LogP contribution in [0.3, 0.4) is 0 Å². The van der Waals surface area contributed by atoms with E-state index in [1.54, 1.807) is 7.11 Å². The minimum absolute atomic E-state index is 0.0283. The predicted molar refractivity (Wildman–Crippen MR) is 177 cm³/mol. The summed E-state index contributed by atoms with van der Waals surface area (Å²) in [4.78, 5) is 12.2. The number of carbonyl (C=O) groups is 1. The Morgan fingerprint density at radius 2 is 1.76 bits per heavy atom. The zero-order valence-corrected chi connectivity index (χ0v) is 30.8. The molecule has 5 N–H and O–H groups in total. The SMILES string of the molecule is COC(C)(C)[C@@H](OC(C)=O)C1C[C@@H](C)[C@H]2[C@@](O)(O1)[C@H](O)[C@@]1(C)C3=CC[C@H]4C(C)(C)[C@@H](O[C@@H]5OC[C@@H](O)[C@H](O)[C@H]5O)CC[C@@]45C[C@]35CC[C@]21C. The lowest BCUT2D eigenvalue weighted by Gasteiger charge is -2.60. The first-order valence-electron chi connectivity index (χ1n) is 18.5. The van der Waals surface area contributed by atoms with E-state index in [4.69, 9.17) is 23.7 Å². The van der Waals surface area contributed by atoms with E-state index >= 15 is 0 Å². The van der Waals surface area contributed by atoms with E-state index in [1.165, 1.54) is 12.5 Å². The maximum absolute atomic E-state index is 12.7. The number of hydrogen-bond donors (Lipinski definition) is 5. The van der Waals surface area contributed by atoms with Crippen molar-refractivity contribution < 1.29 is 54.0 Å². The van der Waals surface area contributed by atoms with Crippen LogP contribution in [0.1, 0.15) is 100 Å². The van der Waals surface area contributed by atoms with E-state index in [0.717, 1.165) is 38.5 Å². The fourth-order valence-corrected chi connectivity index (χ4v) is 13.1. The molecule has 1 unspecified atom stereocenters. The van der Waals surface area contributed by atoms with Crippen molar-refractivity contribution in [3.05, 3.63) is 11.6 Å². The quantitative estimate of drug-likeness (QED) is 0.205. The van der Waals surface area contributed by atoms with Crippen LogP contribution in [0.2, 0.25) is 0 Å². The summed E-state index contributed by atoms with van der Waals surface area (Å²) in [5, 5.41) is 56.1. The molecule has 7 rings (SSSR count). The van der Waals surface area contributed by atoms with E-state index in [0.29, 0.717) is 6.42 Å². The van der Waals surface area contributed by atoms with Crippen LogP contribution in [-0.2, 0) is 28.5 Å². The van der Waals surface area contributed by atoms with Gasteiger partial charge in [-0.3, -0.25) is 4.79 Å². The Kier molecular flexibility index (Phi) is 8.27. The van der Waals surface area contributed by atoms with Gasteiger partial charge in [0.1, 0.15) is 36.1 Å². The summed E-state index contributed by atoms with van der Waals surface area (Å²) in [6.45, 7) is 16.0. The van der Waals surface area contributed by atoms with Gasteiger partial charge in [0.25, 0.3) is 0 Å². The van der Waals surface area contributed by atoms with Crippen LogP contribution in [0.25, 0.3) is 0 Å². The summed E-state index contributed by atoms with van der Waals surface area (Å²) in [5.41, 5.74) is -1.15. The van der Waals surface area contributed by atoms with Crippen LogP contribution in [-0.4, -0.2) is 106 Å². The number of rotatable bonds is 6. The maximum atomic E-state index is 12.7. The first kappa shape index (κ1) is 36.2. The third-order valence-electron chi connectivity index (χ3n) is 15.8. The molecular formula is C38H60O11. The Morgan fingerprint density at radius 3 is 2.41 bits per heavy atom. The molecule has 16 atom stereocenters. The molecule has 6 fully saturated rings. The molecule has 11 heteroatoms. The molecule has 7 aliphatic rings. The van der Waals surface area contributed by atoms with Gasteiger partial charge in [0.05, 0.1) is 12.7 Å². The molecule has 5 aliphatic carbocycles. The standard InChI is InChI=1S/C38H60O11/c1-19-16-22(29(47-20(2)39)33(5,6)45-9)49-38(44)28(19)34(7)14-15-37-18-36(37)13-12-25(48-30-27(42)26(41)21(40)17-46-30)32(3,4)23(36)10-11-24(37)35(34,8)31(38)43/h11,19,21-23,25-31,40-44H,10,12-18H2,1-9H3/t19-,21-,22?,23+,25+,26+,27-,28-,29+,30+,31-,34-,35-,36-,37-,38-/m1/s1. The monoisotopic (exact) mass is 692 g/mol. The van der Waals surface area contributed by atoms with Crippen molar-refractivity contribution in [1.82, 2.24) is 0 Å². The van der Waals surface area contributed by atoms with Crippen molar-refractivity contribution in [3.63, 3.8) is 0 Å². The highest BCUT2D eigenvalue weighted by Gasteiger charge is 2.85. The molecule has 0 amide bonds. The number of esters is 1. The highest BCUT2D eigenvalue weighted by Crippen LogP contribution is 2.88. The van der Waals surface area contributed by atoms with Crippen molar-refractivity contribution in [2.75, 3.05) is 13.7 Å². The second-order valence-corrected chi connectivity index (χ2v) is 18.5. The minimum Gasteiger partial charge on any atom is -0.457 e. The molecule has 0 bridgehead atoms. The summed E-state index contributed by atoms with van der Waals surface area (Å²) >= 11 is 0. The Hall–Kier alpha value is -1.15. The zero-order valence-electron chi connectivity index (χ0n) is 30.8. The molecule has 2 saturated heterocycles. The van der Waals surface area contributed by atoms with Crippen molar-refractivity contribution in [3.8, 4) is 0 Å². The highest BCUT2D eigenvalue weighted by atomic mass is 16.7. The average molecular weight is 693 g/mol. The smallest absolute Gasteiger partial charge is 0.303 e. The Labute approximate surface area is 290 Å². The van der Waals surface area contributed by atoms with Gasteiger partial charge in [0, 0.05) is 25.4 Å². The van der Waals surface area contributed by atoms with Gasteiger partial charge in [-0.25, -0.2) is 0 Å². The van der Waals surface area contributed by atoms with E-state index in [9.17, 15) is 30.3 Å². The summed E-state index contributed by atoms with van der Waals surface area (Å²) in [5.74, 6) is -2.37. The maximum Gasteiger partial charge on any atom is 0.303 e. The van der Waals surface area contributed by atoms with Gasteiger partial charge < -0.3 is 49.2 Å². The lowest BCUT2D eigenvalue weighted by molar-refractivity contribution is -0.342. The van der Waals surface area contributed by atoms with Gasteiger partial charge in [0.2, 0.25) is 0 Å². The molecule has 49 heavy (non-hydrogen) atoms. The molecule has 4 saturated carbocycles. The fourth-order valence-electron chi connectivity index (χ4n) is 13.1. The largest absolute Gasteiger partial charge is 0.457 e. The van der Waals surface area contributed by atoms with E-state index < -0.39 is 71.1 Å². The zero-order chi connectivity index (χ0) is 35.9. The van der Waals surface area contributed by atoms with E-state index in [-0.39, 0.29) is 46.7 Å². The van der Waals surface area contributed by atoms with Gasteiger partial charge in [0.15, 0.2) is 18.2 Å². The van der Waals surface area contributed by atoms with Crippen molar-refractivity contribution in [1.29, 1.82) is 0 Å². The normalized spacial score (nSPS) is 53.6. The van der Waals surface area contributed by atoms with Crippen LogP contribution in [0.5, 0.6) is 0 Å². The number of aliphatic hydroxyl groups is 5. The van der Waals surface area contributed by atoms with Crippen molar-refractivity contribution in [2.24, 2.45) is 44.8 Å². The molecule has 11 nitrogen and oxygen atoms in total. The summed E-state index contributed by atoms with van der Waals surface area (Å²) in [6, 6.07) is 0. The molecule has 2 spiro atoms. The Bertz CT molecular complexity index is 1380. The van der Waals surface area contributed by atoms with Gasteiger partial charge in [-0.05, 0) is 92.3 Å². The highest BCUT2D eigenvalue weighted by molar-refractivity contribution is 5.66. The lowest BCUT2D eigenvalue weighted by Crippen LogP contribution is -2.61. The first-order chi connectivity index (χ1) is 22.7. The van der Waals surface area contributed by atoms with Crippen LogP contribution < -0.4 is 0 Å². The third kappa shape index (κ3) is 4.55. The number of ether oxygens (including phenoxy) is 5. The average Bonchev–Trinajstić information content (AvgIpc) is 3.67. The predicted octanol–water partition coefficient (Wildman–Crippen LogP) is 3.22. The summed E-state index contributed by atoms with van der Waals surface area (Å²) in [7, 11) is 1.57. The van der Waals surface area contributed by atoms with Gasteiger partial charge >= 0.3 is 5.97 Å². The molecule has 0 radical (unpaired) electrons. The summed E-state index contributed by atoms with van der Waals surface area (Å²) in [6.07, 6.45) is 0.594. The Morgan fingerprint density at radius 1 is 1.06 bits per heavy atom. The molecule has 0 aromatic carbocycles. The van der Waals surface area contributed by atoms with Crippen molar-refractivity contribution >= 4 is 5.97 Å². The van der Waals surface area contributed by atoms with Crippen LogP contribution in [0.4, 0.5) is 0 Å². The third-order valence-corrected chi connectivity index (χ3v) is 15.8. The van der Waals surface area contributed by atoms with Crippen LogP contribution in [0.15, 0.2) is 11.6 Å². The lowest BCUT2D eigenvalue weighted by atomic mass is 9.44. The van der Waals surface area contributed by atoms with Crippen LogP contribution in [0, 0.1) is 44.8 Å². The second-order valence-electron chi connectivity index (χ2n) is 18.5. The molecule has 278 valence electrons. The van der Waals surface area contributed by atoms with Gasteiger partial charge in [-0.15, -0.1) is 0 Å². The Balaban J connectivity index is 1.20. The topological polar surface area (TPSA) is 164 Å². The van der Waals surface area contributed by atoms with Gasteiger partial charge in [-0.1, -0.05) is 46.3 Å². The number of aliphatic hydroxyl groups excluding tert-OH is 4. The van der Waals surface area contributed by atoms with E-state index in [2.05, 4.69) is 40.7 Å². The number of fused-ring (bicyclic) bond motifs is 4. The number of hydrogen-bond acceptors (Lipinski definition) is 11. The molecule has 0 aromatic rings. The molecular weight excluding hydrogens is 632 g/mol. The van der Waals surface area contributed by atoms with E-state index in [1.807, 2.05) is 13.8 Å². The molecule has 2 aliphatic heterocycles. The number of carbonyl (C=O) groups excluding carboxylic acids is 1. The number of allylic oxidation sites excluding steroid dienone is 1. The molecule has 0 aromatic heterocycles. The van der Waals surface area contributed by atoms with Gasteiger partial charge in [-0.2, -0.15) is 0 Å². The fraction of sp³-hybridized carbons (Fsp3) is 0.921. The van der Waals surface area contributed by atoms with Crippen molar-refractivity contribution in [2.45, 2.75) is 161 Å². The minimum atomic E-state index is -1.84. The second kappa shape index (κ2) is 11.2. The first-order valence-corrected chi connectivity index (χ1v) is 18.5. The molecule has 2 heterocycles.